The van der Waals surface area contributed by atoms with E-state index in [4.69, 9.17) is 4.74 Å². The third-order valence-corrected chi connectivity index (χ3v) is 3.41. The van der Waals surface area contributed by atoms with Crippen molar-refractivity contribution in [2.45, 2.75) is 26.5 Å². The van der Waals surface area contributed by atoms with Crippen LogP contribution >= 0.6 is 22.6 Å². The Morgan fingerprint density at radius 3 is 2.82 bits per heavy atom. The molecular weight excluding hydrogens is 327 g/mol. The standard InChI is InChI=1S/C13H15IN2O/c1-10(2)16-9-15-7-11(16)8-17-13-6-4-3-5-12(13)14/h3-7,9-10H,8H2,1-2H3. The molecule has 1 heterocycles. The van der Waals surface area contributed by atoms with Gasteiger partial charge in [0.25, 0.3) is 0 Å². The molecule has 0 radical (unpaired) electrons. The molecule has 90 valence electrons. The van der Waals surface area contributed by atoms with Crippen molar-refractivity contribution in [3.8, 4) is 5.75 Å². The first-order valence-electron chi connectivity index (χ1n) is 5.56. The molecule has 0 N–H and O–H groups in total. The maximum Gasteiger partial charge on any atom is 0.133 e. The first-order chi connectivity index (χ1) is 8.18. The van der Waals surface area contributed by atoms with Crippen molar-refractivity contribution in [2.24, 2.45) is 0 Å². The number of para-hydroxylation sites is 1. The summed E-state index contributed by atoms with van der Waals surface area (Å²) < 4.78 is 9.05. The van der Waals surface area contributed by atoms with Crippen LogP contribution in [0.3, 0.4) is 0 Å². The van der Waals surface area contributed by atoms with Crippen molar-refractivity contribution >= 4 is 22.6 Å². The first-order valence-corrected chi connectivity index (χ1v) is 6.64. The summed E-state index contributed by atoms with van der Waals surface area (Å²) in [6, 6.07) is 8.42. The summed E-state index contributed by atoms with van der Waals surface area (Å²) in [5.74, 6) is 0.921. The maximum absolute atomic E-state index is 5.80. The normalized spacial score (nSPS) is 10.8. The third-order valence-electron chi connectivity index (χ3n) is 2.51. The second kappa shape index (κ2) is 5.53. The van der Waals surface area contributed by atoms with Gasteiger partial charge in [0, 0.05) is 6.04 Å². The molecule has 0 saturated heterocycles. The van der Waals surface area contributed by atoms with Crippen LogP contribution in [0, 0.1) is 3.57 Å². The van der Waals surface area contributed by atoms with Crippen LogP contribution in [-0.2, 0) is 6.61 Å². The number of imidazole rings is 1. The molecule has 1 aromatic carbocycles. The van der Waals surface area contributed by atoms with Gasteiger partial charge in [-0.15, -0.1) is 0 Å². The number of benzene rings is 1. The van der Waals surface area contributed by atoms with Gasteiger partial charge in [-0.1, -0.05) is 12.1 Å². The molecule has 0 amide bonds. The Hall–Kier alpha value is -1.04. The molecule has 1 aromatic heterocycles. The second-order valence-corrected chi connectivity index (χ2v) is 5.27. The number of halogens is 1. The Labute approximate surface area is 115 Å². The van der Waals surface area contributed by atoms with Crippen LogP contribution in [0.2, 0.25) is 0 Å². The molecule has 0 aliphatic rings. The maximum atomic E-state index is 5.80. The van der Waals surface area contributed by atoms with Crippen molar-refractivity contribution in [2.75, 3.05) is 0 Å². The highest BCUT2D eigenvalue weighted by Crippen LogP contribution is 2.21. The molecule has 0 fully saturated rings. The zero-order chi connectivity index (χ0) is 12.3. The minimum Gasteiger partial charge on any atom is -0.486 e. The fourth-order valence-electron chi connectivity index (χ4n) is 1.62. The molecule has 0 unspecified atom stereocenters. The van der Waals surface area contributed by atoms with Gasteiger partial charge in [-0.25, -0.2) is 4.98 Å². The number of hydrogen-bond acceptors (Lipinski definition) is 2. The predicted molar refractivity (Wildman–Crippen MR) is 76.1 cm³/mol. The van der Waals surface area contributed by atoms with E-state index in [-0.39, 0.29) is 0 Å². The summed E-state index contributed by atoms with van der Waals surface area (Å²) in [5.41, 5.74) is 1.10. The van der Waals surface area contributed by atoms with Gasteiger partial charge < -0.3 is 9.30 Å². The van der Waals surface area contributed by atoms with Gasteiger partial charge in [-0.05, 0) is 48.6 Å². The summed E-state index contributed by atoms with van der Waals surface area (Å²) in [4.78, 5) is 4.16. The van der Waals surface area contributed by atoms with E-state index in [0.29, 0.717) is 12.6 Å². The van der Waals surface area contributed by atoms with Gasteiger partial charge in [0.15, 0.2) is 0 Å². The fourth-order valence-corrected chi connectivity index (χ4v) is 2.17. The lowest BCUT2D eigenvalue weighted by atomic mass is 10.3. The molecule has 2 rings (SSSR count). The average molecular weight is 342 g/mol. The number of hydrogen-bond donors (Lipinski definition) is 0. The molecule has 17 heavy (non-hydrogen) atoms. The SMILES string of the molecule is CC(C)n1cncc1COc1ccccc1I. The van der Waals surface area contributed by atoms with Crippen molar-refractivity contribution in [1.29, 1.82) is 0 Å². The molecule has 0 atom stereocenters. The topological polar surface area (TPSA) is 27.1 Å². The second-order valence-electron chi connectivity index (χ2n) is 4.11. The van der Waals surface area contributed by atoms with Gasteiger partial charge in [-0.3, -0.25) is 0 Å². The van der Waals surface area contributed by atoms with Crippen molar-refractivity contribution in [3.63, 3.8) is 0 Å². The predicted octanol–water partition coefficient (Wildman–Crippen LogP) is 3.65. The summed E-state index contributed by atoms with van der Waals surface area (Å²) in [5, 5.41) is 0. The van der Waals surface area contributed by atoms with E-state index >= 15 is 0 Å². The number of rotatable bonds is 4. The van der Waals surface area contributed by atoms with Gasteiger partial charge in [-0.2, -0.15) is 0 Å². The Morgan fingerprint density at radius 1 is 1.35 bits per heavy atom. The average Bonchev–Trinajstić information content (AvgIpc) is 2.76. The minimum absolute atomic E-state index is 0.408. The van der Waals surface area contributed by atoms with Crippen LogP contribution in [0.5, 0.6) is 5.75 Å². The monoisotopic (exact) mass is 342 g/mol. The summed E-state index contributed by atoms with van der Waals surface area (Å²) in [6.45, 7) is 4.83. The quantitative estimate of drug-likeness (QED) is 0.793. The van der Waals surface area contributed by atoms with E-state index < -0.39 is 0 Å². The largest absolute Gasteiger partial charge is 0.486 e. The van der Waals surface area contributed by atoms with Crippen LogP contribution in [-0.4, -0.2) is 9.55 Å². The molecule has 0 bridgehead atoms. The Morgan fingerprint density at radius 2 is 2.12 bits per heavy atom. The smallest absolute Gasteiger partial charge is 0.133 e. The number of aromatic nitrogens is 2. The lowest BCUT2D eigenvalue weighted by Crippen LogP contribution is -2.07. The lowest BCUT2D eigenvalue weighted by Gasteiger charge is -2.13. The molecular formula is C13H15IN2O. The molecule has 4 heteroatoms. The summed E-state index contributed by atoms with van der Waals surface area (Å²) in [7, 11) is 0. The lowest BCUT2D eigenvalue weighted by molar-refractivity contribution is 0.290. The third kappa shape index (κ3) is 3.00. The van der Waals surface area contributed by atoms with Gasteiger partial charge in [0.05, 0.1) is 21.8 Å². The minimum atomic E-state index is 0.408. The highest BCUT2D eigenvalue weighted by molar-refractivity contribution is 14.1. The van der Waals surface area contributed by atoms with Crippen molar-refractivity contribution < 1.29 is 4.74 Å². The Bertz CT molecular complexity index is 494. The highest BCUT2D eigenvalue weighted by atomic mass is 127. The van der Waals surface area contributed by atoms with Crippen molar-refractivity contribution in [1.82, 2.24) is 9.55 Å². The number of nitrogens with zero attached hydrogens (tertiary/aromatic N) is 2. The molecule has 0 aliphatic heterocycles. The van der Waals surface area contributed by atoms with E-state index in [0.717, 1.165) is 15.0 Å². The zero-order valence-electron chi connectivity index (χ0n) is 9.93. The van der Waals surface area contributed by atoms with E-state index in [1.165, 1.54) is 0 Å². The highest BCUT2D eigenvalue weighted by Gasteiger charge is 2.06. The van der Waals surface area contributed by atoms with E-state index in [1.54, 1.807) is 0 Å². The van der Waals surface area contributed by atoms with E-state index in [9.17, 15) is 0 Å². The molecule has 0 spiro atoms. The van der Waals surface area contributed by atoms with Crippen LogP contribution in [0.4, 0.5) is 0 Å². The number of ether oxygens (including phenoxy) is 1. The molecule has 0 aliphatic carbocycles. The van der Waals surface area contributed by atoms with Crippen LogP contribution < -0.4 is 4.74 Å². The van der Waals surface area contributed by atoms with Gasteiger partial charge >= 0.3 is 0 Å². The van der Waals surface area contributed by atoms with Crippen LogP contribution in [0.15, 0.2) is 36.8 Å². The Balaban J connectivity index is 2.08. The van der Waals surface area contributed by atoms with Gasteiger partial charge in [0.1, 0.15) is 12.4 Å². The van der Waals surface area contributed by atoms with Crippen molar-refractivity contribution in [3.05, 3.63) is 46.1 Å². The molecule has 2 aromatic rings. The zero-order valence-corrected chi connectivity index (χ0v) is 12.1. The first kappa shape index (κ1) is 12.4. The molecule has 3 nitrogen and oxygen atoms in total. The van der Waals surface area contributed by atoms with E-state index in [1.807, 2.05) is 36.8 Å². The van der Waals surface area contributed by atoms with E-state index in [2.05, 4.69) is 46.0 Å². The fraction of sp³-hybridized carbons (Fsp3) is 0.308. The van der Waals surface area contributed by atoms with Crippen LogP contribution in [0.25, 0.3) is 0 Å². The van der Waals surface area contributed by atoms with Gasteiger partial charge in [0.2, 0.25) is 0 Å². The molecule has 0 saturated carbocycles. The Kier molecular flexibility index (Phi) is 4.04. The van der Waals surface area contributed by atoms with Crippen LogP contribution in [0.1, 0.15) is 25.6 Å². The summed E-state index contributed by atoms with van der Waals surface area (Å²) >= 11 is 2.28. The summed E-state index contributed by atoms with van der Waals surface area (Å²) in [6.07, 6.45) is 3.70.